The summed E-state index contributed by atoms with van der Waals surface area (Å²) in [6.45, 7) is 3.89. The number of nitrogens with one attached hydrogen (secondary N) is 1. The van der Waals surface area contributed by atoms with Gasteiger partial charge in [-0.25, -0.2) is 4.68 Å². The van der Waals surface area contributed by atoms with Crippen LogP contribution in [0.5, 0.6) is 0 Å². The molecule has 0 atom stereocenters. The summed E-state index contributed by atoms with van der Waals surface area (Å²) in [6.07, 6.45) is 2.15. The third kappa shape index (κ3) is 5.39. The molecule has 0 aliphatic carbocycles. The molecule has 0 unspecified atom stereocenters. The average Bonchev–Trinajstić information content (AvgIpc) is 3.29. The van der Waals surface area contributed by atoms with E-state index in [9.17, 15) is 4.79 Å². The predicted molar refractivity (Wildman–Crippen MR) is 142 cm³/mol. The second kappa shape index (κ2) is 10.3. The molecule has 1 N–H and O–H groups in total. The largest absolute Gasteiger partial charge is 0.367 e. The van der Waals surface area contributed by atoms with Crippen LogP contribution in [0.2, 0.25) is 5.02 Å². The zero-order valence-corrected chi connectivity index (χ0v) is 20.4. The molecule has 3 aromatic carbocycles. The number of carbonyl (C=O) groups is 1. The third-order valence-electron chi connectivity index (χ3n) is 6.30. The van der Waals surface area contributed by atoms with Crippen LogP contribution in [0.3, 0.4) is 0 Å². The standard InChI is InChI=1S/C28H28ClN5O/c1-32-15-17-33(18-16-32)26-10-6-5-9-25(26)30-27(35)19-22-20-34(24-7-3-2-4-8-24)31-28(22)21-11-13-23(29)14-12-21/h2-14,20H,15-19H2,1H3,(H,30,35). The molecule has 1 aromatic heterocycles. The highest BCUT2D eigenvalue weighted by atomic mass is 35.5. The van der Waals surface area contributed by atoms with Crippen molar-refractivity contribution in [2.24, 2.45) is 0 Å². The molecule has 1 amide bonds. The normalized spacial score (nSPS) is 14.2. The number of para-hydroxylation sites is 3. The molecule has 0 saturated carbocycles. The van der Waals surface area contributed by atoms with Gasteiger partial charge in [0.25, 0.3) is 0 Å². The molecule has 7 heteroatoms. The minimum Gasteiger partial charge on any atom is -0.367 e. The van der Waals surface area contributed by atoms with E-state index in [-0.39, 0.29) is 12.3 Å². The van der Waals surface area contributed by atoms with Gasteiger partial charge < -0.3 is 15.1 Å². The minimum absolute atomic E-state index is 0.0746. The summed E-state index contributed by atoms with van der Waals surface area (Å²) >= 11 is 6.11. The number of rotatable bonds is 6. The Hall–Kier alpha value is -3.61. The Labute approximate surface area is 210 Å². The first-order chi connectivity index (χ1) is 17.1. The molecule has 2 heterocycles. The number of carbonyl (C=O) groups excluding carboxylic acids is 1. The molecule has 0 bridgehead atoms. The summed E-state index contributed by atoms with van der Waals surface area (Å²) in [5, 5.41) is 8.63. The first-order valence-electron chi connectivity index (χ1n) is 11.8. The molecule has 1 saturated heterocycles. The zero-order valence-electron chi connectivity index (χ0n) is 19.7. The van der Waals surface area contributed by atoms with Gasteiger partial charge >= 0.3 is 0 Å². The number of halogens is 1. The van der Waals surface area contributed by atoms with Crippen LogP contribution in [0.1, 0.15) is 5.56 Å². The number of anilines is 2. The molecule has 35 heavy (non-hydrogen) atoms. The summed E-state index contributed by atoms with van der Waals surface area (Å²) in [5.41, 5.74) is 5.38. The number of nitrogens with zero attached hydrogens (tertiary/aromatic N) is 4. The van der Waals surface area contributed by atoms with E-state index in [1.165, 1.54) is 0 Å². The van der Waals surface area contributed by atoms with Crippen molar-refractivity contribution in [3.8, 4) is 16.9 Å². The second-order valence-corrected chi connectivity index (χ2v) is 9.26. The van der Waals surface area contributed by atoms with E-state index >= 15 is 0 Å². The number of benzene rings is 3. The van der Waals surface area contributed by atoms with Crippen LogP contribution in [0.25, 0.3) is 16.9 Å². The van der Waals surface area contributed by atoms with Gasteiger partial charge in [0, 0.05) is 48.5 Å². The van der Waals surface area contributed by atoms with Crippen molar-refractivity contribution >= 4 is 28.9 Å². The molecule has 178 valence electrons. The Morgan fingerprint density at radius 1 is 0.914 bits per heavy atom. The Balaban J connectivity index is 1.40. The fourth-order valence-corrected chi connectivity index (χ4v) is 4.50. The Morgan fingerprint density at radius 3 is 2.34 bits per heavy atom. The van der Waals surface area contributed by atoms with Gasteiger partial charge in [-0.3, -0.25) is 4.79 Å². The summed E-state index contributed by atoms with van der Waals surface area (Å²) < 4.78 is 1.82. The molecule has 6 nitrogen and oxygen atoms in total. The summed E-state index contributed by atoms with van der Waals surface area (Å²) in [5.74, 6) is -0.0746. The molecule has 1 aliphatic rings. The number of aromatic nitrogens is 2. The number of hydrogen-bond donors (Lipinski definition) is 1. The van der Waals surface area contributed by atoms with Crippen molar-refractivity contribution in [3.05, 3.63) is 95.6 Å². The quantitative estimate of drug-likeness (QED) is 0.411. The Morgan fingerprint density at radius 2 is 1.60 bits per heavy atom. The highest BCUT2D eigenvalue weighted by Gasteiger charge is 2.19. The van der Waals surface area contributed by atoms with E-state index in [1.54, 1.807) is 0 Å². The van der Waals surface area contributed by atoms with E-state index in [1.807, 2.05) is 83.7 Å². The van der Waals surface area contributed by atoms with Gasteiger partial charge in [-0.2, -0.15) is 5.10 Å². The van der Waals surface area contributed by atoms with Crippen LogP contribution < -0.4 is 10.2 Å². The van der Waals surface area contributed by atoms with E-state index in [4.69, 9.17) is 16.7 Å². The van der Waals surface area contributed by atoms with Crippen LogP contribution >= 0.6 is 11.6 Å². The van der Waals surface area contributed by atoms with Crippen LogP contribution in [0, 0.1) is 0 Å². The van der Waals surface area contributed by atoms with Gasteiger partial charge in [0.2, 0.25) is 5.91 Å². The lowest BCUT2D eigenvalue weighted by molar-refractivity contribution is -0.115. The number of hydrogen-bond acceptors (Lipinski definition) is 4. The maximum Gasteiger partial charge on any atom is 0.228 e. The molecule has 1 fully saturated rings. The smallest absolute Gasteiger partial charge is 0.228 e. The van der Waals surface area contributed by atoms with Crippen LogP contribution in [0.4, 0.5) is 11.4 Å². The highest BCUT2D eigenvalue weighted by Crippen LogP contribution is 2.29. The van der Waals surface area contributed by atoms with Gasteiger partial charge in [0.05, 0.1) is 29.2 Å². The topological polar surface area (TPSA) is 53.4 Å². The second-order valence-electron chi connectivity index (χ2n) is 8.82. The third-order valence-corrected chi connectivity index (χ3v) is 6.55. The first kappa shape index (κ1) is 23.1. The predicted octanol–water partition coefficient (Wildman–Crippen LogP) is 5.13. The Bertz CT molecular complexity index is 1290. The van der Waals surface area contributed by atoms with Gasteiger partial charge in [-0.05, 0) is 43.4 Å². The molecule has 0 spiro atoms. The average molecular weight is 486 g/mol. The van der Waals surface area contributed by atoms with E-state index in [2.05, 4.69) is 28.2 Å². The van der Waals surface area contributed by atoms with Crippen molar-refractivity contribution in [1.29, 1.82) is 0 Å². The lowest BCUT2D eigenvalue weighted by atomic mass is 10.1. The van der Waals surface area contributed by atoms with Crippen molar-refractivity contribution in [2.75, 3.05) is 43.4 Å². The van der Waals surface area contributed by atoms with Crippen LogP contribution in [-0.2, 0) is 11.2 Å². The van der Waals surface area contributed by atoms with Gasteiger partial charge in [-0.15, -0.1) is 0 Å². The van der Waals surface area contributed by atoms with Crippen molar-refractivity contribution < 1.29 is 4.79 Å². The van der Waals surface area contributed by atoms with Crippen LogP contribution in [-0.4, -0.2) is 53.8 Å². The molecule has 5 rings (SSSR count). The first-order valence-corrected chi connectivity index (χ1v) is 12.2. The number of likely N-dealkylation sites (N-methyl/N-ethyl adjacent to an activating group) is 1. The maximum absolute atomic E-state index is 13.3. The fourth-order valence-electron chi connectivity index (χ4n) is 4.37. The zero-order chi connectivity index (χ0) is 24.2. The highest BCUT2D eigenvalue weighted by molar-refractivity contribution is 6.30. The van der Waals surface area contributed by atoms with Gasteiger partial charge in [-0.1, -0.05) is 54.1 Å². The SMILES string of the molecule is CN1CCN(c2ccccc2NC(=O)Cc2cn(-c3ccccc3)nc2-c2ccc(Cl)cc2)CC1. The fraction of sp³-hybridized carbons (Fsp3) is 0.214. The van der Waals surface area contributed by atoms with E-state index in [0.717, 1.165) is 60.1 Å². The van der Waals surface area contributed by atoms with Gasteiger partial charge in [0.1, 0.15) is 0 Å². The van der Waals surface area contributed by atoms with Crippen molar-refractivity contribution in [3.63, 3.8) is 0 Å². The summed E-state index contributed by atoms with van der Waals surface area (Å²) in [4.78, 5) is 17.9. The monoisotopic (exact) mass is 485 g/mol. The number of amides is 1. The maximum atomic E-state index is 13.3. The van der Waals surface area contributed by atoms with Crippen LogP contribution in [0.15, 0.2) is 85.1 Å². The van der Waals surface area contributed by atoms with E-state index < -0.39 is 0 Å². The minimum atomic E-state index is -0.0746. The summed E-state index contributed by atoms with van der Waals surface area (Å²) in [6, 6.07) is 25.5. The molecule has 1 aliphatic heterocycles. The van der Waals surface area contributed by atoms with Crippen molar-refractivity contribution in [2.45, 2.75) is 6.42 Å². The van der Waals surface area contributed by atoms with E-state index in [0.29, 0.717) is 5.02 Å². The van der Waals surface area contributed by atoms with Gasteiger partial charge in [0.15, 0.2) is 0 Å². The summed E-state index contributed by atoms with van der Waals surface area (Å²) in [7, 11) is 2.14. The molecule has 0 radical (unpaired) electrons. The van der Waals surface area contributed by atoms with Crippen molar-refractivity contribution in [1.82, 2.24) is 14.7 Å². The lowest BCUT2D eigenvalue weighted by Gasteiger charge is -2.35. The Kier molecular flexibility index (Phi) is 6.84. The lowest BCUT2D eigenvalue weighted by Crippen LogP contribution is -2.44. The molecule has 4 aromatic rings. The number of piperazine rings is 1. The molecular formula is C28H28ClN5O. The molecular weight excluding hydrogens is 458 g/mol.